The molecule has 0 saturated carbocycles. The van der Waals surface area contributed by atoms with E-state index in [1.165, 1.54) is 50.0 Å². The number of hydrogen-bond donors (Lipinski definition) is 1. The lowest BCUT2D eigenvalue weighted by Gasteiger charge is -2.49. The zero-order valence-electron chi connectivity index (χ0n) is 17.8. The molecule has 4 heteroatoms. The van der Waals surface area contributed by atoms with Crippen molar-refractivity contribution in [1.29, 1.82) is 0 Å². The zero-order valence-corrected chi connectivity index (χ0v) is 17.8. The normalized spacial score (nSPS) is 26.9. The van der Waals surface area contributed by atoms with Gasteiger partial charge in [0.2, 0.25) is 0 Å². The number of rotatable bonds is 8. The van der Waals surface area contributed by atoms with Crippen LogP contribution in [-0.2, 0) is 6.42 Å². The van der Waals surface area contributed by atoms with Gasteiger partial charge >= 0.3 is 0 Å². The molecule has 3 atom stereocenters. The molecule has 156 valence electrons. The summed E-state index contributed by atoms with van der Waals surface area (Å²) in [6.07, 6.45) is 9.60. The number of benzene rings is 1. The van der Waals surface area contributed by atoms with E-state index in [0.717, 1.165) is 62.7 Å². The van der Waals surface area contributed by atoms with Crippen LogP contribution in [0.25, 0.3) is 0 Å². The van der Waals surface area contributed by atoms with Crippen LogP contribution in [0.3, 0.4) is 0 Å². The van der Waals surface area contributed by atoms with E-state index in [-0.39, 0.29) is 0 Å². The molecule has 1 N–H and O–H groups in total. The van der Waals surface area contributed by atoms with Gasteiger partial charge in [0.1, 0.15) is 0 Å². The first-order valence-electron chi connectivity index (χ1n) is 11.7. The van der Waals surface area contributed by atoms with E-state index in [1.54, 1.807) is 0 Å². The van der Waals surface area contributed by atoms with Crippen molar-refractivity contribution in [2.75, 3.05) is 32.8 Å². The maximum atomic E-state index is 6.20. The fourth-order valence-electron chi connectivity index (χ4n) is 5.19. The van der Waals surface area contributed by atoms with Gasteiger partial charge in [-0.3, -0.25) is 4.90 Å². The summed E-state index contributed by atoms with van der Waals surface area (Å²) in [4.78, 5) is 2.74. The first-order valence-corrected chi connectivity index (χ1v) is 11.7. The lowest BCUT2D eigenvalue weighted by molar-refractivity contribution is 0.0549. The maximum absolute atomic E-state index is 6.20. The third kappa shape index (κ3) is 4.33. The number of nitrogens with zero attached hydrogens (tertiary/aromatic N) is 1. The van der Waals surface area contributed by atoms with Gasteiger partial charge in [0.25, 0.3) is 0 Å². The van der Waals surface area contributed by atoms with Crippen LogP contribution >= 0.6 is 0 Å². The van der Waals surface area contributed by atoms with Crippen molar-refractivity contribution in [1.82, 2.24) is 10.2 Å². The molecule has 4 nitrogen and oxygen atoms in total. The van der Waals surface area contributed by atoms with Gasteiger partial charge in [0.15, 0.2) is 11.5 Å². The number of hydrogen-bond acceptors (Lipinski definition) is 4. The topological polar surface area (TPSA) is 33.7 Å². The van der Waals surface area contributed by atoms with Crippen LogP contribution in [0, 0.1) is 5.92 Å². The summed E-state index contributed by atoms with van der Waals surface area (Å²) in [6.45, 7) is 9.61. The van der Waals surface area contributed by atoms with Gasteiger partial charge in [-0.1, -0.05) is 26.7 Å². The molecule has 28 heavy (non-hydrogen) atoms. The minimum Gasteiger partial charge on any atom is -0.490 e. The van der Waals surface area contributed by atoms with E-state index in [1.807, 2.05) is 0 Å². The summed E-state index contributed by atoms with van der Waals surface area (Å²) in [5, 5.41) is 3.80. The van der Waals surface area contributed by atoms with E-state index in [0.29, 0.717) is 12.1 Å². The highest BCUT2D eigenvalue weighted by atomic mass is 16.5. The molecule has 2 saturated heterocycles. The highest BCUT2D eigenvalue weighted by molar-refractivity contribution is 5.50. The Hall–Kier alpha value is -1.26. The van der Waals surface area contributed by atoms with Crippen LogP contribution in [0.5, 0.6) is 11.5 Å². The van der Waals surface area contributed by atoms with Crippen molar-refractivity contribution in [3.05, 3.63) is 23.3 Å². The van der Waals surface area contributed by atoms with Crippen molar-refractivity contribution in [3.8, 4) is 11.5 Å². The second-order valence-corrected chi connectivity index (χ2v) is 8.86. The number of ether oxygens (including phenoxy) is 2. The quantitative estimate of drug-likeness (QED) is 0.656. The van der Waals surface area contributed by atoms with Crippen molar-refractivity contribution in [2.45, 2.75) is 77.3 Å². The summed E-state index contributed by atoms with van der Waals surface area (Å²) in [5.41, 5.74) is 2.97. The Balaban J connectivity index is 1.57. The van der Waals surface area contributed by atoms with Crippen LogP contribution in [0.1, 0.15) is 76.0 Å². The van der Waals surface area contributed by atoms with Crippen LogP contribution in [0.2, 0.25) is 0 Å². The van der Waals surface area contributed by atoms with Gasteiger partial charge in [-0.2, -0.15) is 0 Å². The molecule has 0 unspecified atom stereocenters. The largest absolute Gasteiger partial charge is 0.490 e. The van der Waals surface area contributed by atoms with Gasteiger partial charge in [-0.05, 0) is 74.2 Å². The third-order valence-electron chi connectivity index (χ3n) is 6.86. The van der Waals surface area contributed by atoms with Crippen molar-refractivity contribution >= 4 is 0 Å². The monoisotopic (exact) mass is 386 g/mol. The summed E-state index contributed by atoms with van der Waals surface area (Å²) in [5.74, 6) is 2.76. The Morgan fingerprint density at radius 3 is 2.57 bits per heavy atom. The summed E-state index contributed by atoms with van der Waals surface area (Å²) < 4.78 is 12.3. The van der Waals surface area contributed by atoms with Gasteiger partial charge in [0, 0.05) is 25.2 Å². The number of unbranched alkanes of at least 4 members (excludes halogenated alkanes) is 2. The number of piperidine rings is 2. The lowest BCUT2D eigenvalue weighted by atomic mass is 9.77. The Kier molecular flexibility index (Phi) is 6.79. The van der Waals surface area contributed by atoms with E-state index < -0.39 is 0 Å². The molecule has 3 aliphatic heterocycles. The lowest BCUT2D eigenvalue weighted by Crippen LogP contribution is -2.54. The second-order valence-electron chi connectivity index (χ2n) is 8.86. The minimum atomic E-state index is 0.536. The molecule has 1 aromatic carbocycles. The van der Waals surface area contributed by atoms with E-state index in [9.17, 15) is 0 Å². The smallest absolute Gasteiger partial charge is 0.161 e. The molecule has 0 aliphatic carbocycles. The fraction of sp³-hybridized carbons (Fsp3) is 0.750. The Bertz CT molecular complexity index is 648. The summed E-state index contributed by atoms with van der Waals surface area (Å²) in [6, 6.07) is 5.84. The third-order valence-corrected chi connectivity index (χ3v) is 6.86. The molecular weight excluding hydrogens is 348 g/mol. The molecule has 1 aromatic rings. The van der Waals surface area contributed by atoms with Crippen molar-refractivity contribution in [2.24, 2.45) is 5.92 Å². The predicted octanol–water partition coefficient (Wildman–Crippen LogP) is 4.72. The van der Waals surface area contributed by atoms with Crippen molar-refractivity contribution in [3.63, 3.8) is 0 Å². The first kappa shape index (κ1) is 20.0. The molecule has 0 bridgehead atoms. The molecule has 0 spiro atoms. The molecule has 2 fully saturated rings. The molecule has 3 heterocycles. The van der Waals surface area contributed by atoms with E-state index in [2.05, 4.69) is 36.2 Å². The fourth-order valence-corrected chi connectivity index (χ4v) is 5.19. The van der Waals surface area contributed by atoms with Crippen LogP contribution in [0.4, 0.5) is 0 Å². The van der Waals surface area contributed by atoms with E-state index in [4.69, 9.17) is 9.47 Å². The highest BCUT2D eigenvalue weighted by Gasteiger charge is 2.40. The second kappa shape index (κ2) is 9.49. The van der Waals surface area contributed by atoms with Crippen LogP contribution < -0.4 is 14.8 Å². The SMILES string of the molecule is CCCCOc1cc2c(cc1OCCCC)[C@H]1C[C@@H]3NCCC[C@@H]3CN1CC2. The summed E-state index contributed by atoms with van der Waals surface area (Å²) >= 11 is 0. The average molecular weight is 387 g/mol. The standard InChI is InChI=1S/C24H38N2O2/c1-3-5-12-27-23-14-18-9-11-26-17-19-8-7-10-25-21(19)16-22(26)20(18)15-24(23)28-13-6-4-2/h14-15,19,21-22,25H,3-13,16-17H2,1-2H3/t19-,21+,22-/m1/s1. The molecule has 0 radical (unpaired) electrons. The highest BCUT2D eigenvalue weighted by Crippen LogP contribution is 2.44. The molecular formula is C24H38N2O2. The predicted molar refractivity (Wildman–Crippen MR) is 114 cm³/mol. The molecule has 0 amide bonds. The Morgan fingerprint density at radius 2 is 1.82 bits per heavy atom. The van der Waals surface area contributed by atoms with E-state index >= 15 is 0 Å². The summed E-state index contributed by atoms with van der Waals surface area (Å²) in [7, 11) is 0. The first-order chi connectivity index (χ1) is 13.8. The van der Waals surface area contributed by atoms with Crippen molar-refractivity contribution < 1.29 is 9.47 Å². The van der Waals surface area contributed by atoms with Gasteiger partial charge in [-0.25, -0.2) is 0 Å². The Morgan fingerprint density at radius 1 is 1.07 bits per heavy atom. The molecule has 0 aromatic heterocycles. The van der Waals surface area contributed by atoms with Gasteiger partial charge in [-0.15, -0.1) is 0 Å². The number of fused-ring (bicyclic) bond motifs is 4. The average Bonchev–Trinajstić information content (AvgIpc) is 2.73. The Labute approximate surface area is 171 Å². The zero-order chi connectivity index (χ0) is 19.3. The van der Waals surface area contributed by atoms with Crippen LogP contribution in [-0.4, -0.2) is 43.8 Å². The number of nitrogens with one attached hydrogen (secondary N) is 1. The van der Waals surface area contributed by atoms with Crippen LogP contribution in [0.15, 0.2) is 12.1 Å². The molecule has 4 rings (SSSR count). The van der Waals surface area contributed by atoms with Gasteiger partial charge < -0.3 is 14.8 Å². The maximum Gasteiger partial charge on any atom is 0.161 e. The molecule has 3 aliphatic rings. The minimum absolute atomic E-state index is 0.536. The van der Waals surface area contributed by atoms with Gasteiger partial charge in [0.05, 0.1) is 13.2 Å².